The zero-order valence-electron chi connectivity index (χ0n) is 16.9. The van der Waals surface area contributed by atoms with E-state index in [2.05, 4.69) is 26.3 Å². The van der Waals surface area contributed by atoms with Gasteiger partial charge in [-0.2, -0.15) is 0 Å². The summed E-state index contributed by atoms with van der Waals surface area (Å²) in [6.45, 7) is 5.41. The number of carbonyl (C=O) groups excluding carboxylic acids is 3. The van der Waals surface area contributed by atoms with Crippen molar-refractivity contribution in [2.24, 2.45) is 5.92 Å². The molecule has 2 heterocycles. The standard InChI is InChI=1S/C19H29N5O4/c1-10(2)14(23-18(26)11(3)20-4)16(25)15(24-19(27)28-5)13-9-12-7-6-8-21-17(12)22-13/h6-8,10-11,13-15,20H,9H2,1-5H3,(H,21,22)(H,23,26)(H,24,27)/t11-,13-,14-,15?/m0/s1. The van der Waals surface area contributed by atoms with E-state index in [1.54, 1.807) is 20.2 Å². The van der Waals surface area contributed by atoms with Crippen LogP contribution in [0.15, 0.2) is 18.3 Å². The summed E-state index contributed by atoms with van der Waals surface area (Å²) in [6, 6.07) is 1.26. The SMILES string of the molecule is CN[C@@H](C)C(=O)N[C@H](C(=O)C(NC(=O)OC)[C@@H]1Cc2cccnc2N1)C(C)C. The van der Waals surface area contributed by atoms with Crippen molar-refractivity contribution in [1.82, 2.24) is 20.9 Å². The van der Waals surface area contributed by atoms with E-state index in [0.717, 1.165) is 5.56 Å². The predicted molar refractivity (Wildman–Crippen MR) is 105 cm³/mol. The molecule has 1 unspecified atom stereocenters. The Hall–Kier alpha value is -2.68. The molecule has 4 atom stereocenters. The van der Waals surface area contributed by atoms with Crippen LogP contribution in [0.3, 0.4) is 0 Å². The third kappa shape index (κ3) is 4.98. The van der Waals surface area contributed by atoms with Gasteiger partial charge in [-0.3, -0.25) is 9.59 Å². The Bertz CT molecular complexity index is 699. The van der Waals surface area contributed by atoms with E-state index in [1.807, 2.05) is 26.0 Å². The van der Waals surface area contributed by atoms with Gasteiger partial charge in [0.2, 0.25) is 5.91 Å². The average Bonchev–Trinajstić information content (AvgIpc) is 3.12. The number of alkyl carbamates (subject to hydrolysis) is 1. The van der Waals surface area contributed by atoms with Gasteiger partial charge >= 0.3 is 6.09 Å². The minimum atomic E-state index is -0.890. The number of ether oxygens (including phenoxy) is 1. The lowest BCUT2D eigenvalue weighted by molar-refractivity contribution is -0.130. The van der Waals surface area contributed by atoms with Gasteiger partial charge in [0.15, 0.2) is 5.78 Å². The van der Waals surface area contributed by atoms with E-state index in [0.29, 0.717) is 12.2 Å². The molecule has 2 amide bonds. The first-order chi connectivity index (χ1) is 13.3. The quantitative estimate of drug-likeness (QED) is 0.508. The lowest BCUT2D eigenvalue weighted by Gasteiger charge is -2.30. The lowest BCUT2D eigenvalue weighted by atomic mass is 9.90. The number of rotatable bonds is 8. The summed E-state index contributed by atoms with van der Waals surface area (Å²) in [5.41, 5.74) is 0.964. The number of likely N-dealkylation sites (N-methyl/N-ethyl adjacent to an activating group) is 1. The molecule has 4 N–H and O–H groups in total. The van der Waals surface area contributed by atoms with Gasteiger partial charge in [-0.05, 0) is 37.9 Å². The maximum Gasteiger partial charge on any atom is 0.407 e. The van der Waals surface area contributed by atoms with E-state index < -0.39 is 30.3 Å². The van der Waals surface area contributed by atoms with Crippen molar-refractivity contribution < 1.29 is 19.1 Å². The summed E-state index contributed by atoms with van der Waals surface area (Å²) in [5.74, 6) is -0.0479. The van der Waals surface area contributed by atoms with Crippen molar-refractivity contribution in [3.05, 3.63) is 23.9 Å². The molecule has 0 saturated heterocycles. The first-order valence-corrected chi connectivity index (χ1v) is 9.34. The second-order valence-corrected chi connectivity index (χ2v) is 7.22. The van der Waals surface area contributed by atoms with E-state index in [9.17, 15) is 14.4 Å². The third-order valence-corrected chi connectivity index (χ3v) is 4.92. The third-order valence-electron chi connectivity index (χ3n) is 4.92. The molecule has 1 aliphatic rings. The Balaban J connectivity index is 2.24. The van der Waals surface area contributed by atoms with E-state index in [4.69, 9.17) is 4.74 Å². The number of methoxy groups -OCH3 is 1. The molecule has 28 heavy (non-hydrogen) atoms. The van der Waals surface area contributed by atoms with Gasteiger partial charge in [0.1, 0.15) is 11.9 Å². The fourth-order valence-corrected chi connectivity index (χ4v) is 3.12. The maximum atomic E-state index is 13.4. The van der Waals surface area contributed by atoms with Gasteiger partial charge in [-0.15, -0.1) is 0 Å². The number of carbonyl (C=O) groups is 3. The Morgan fingerprint density at radius 2 is 1.96 bits per heavy atom. The molecule has 0 aliphatic carbocycles. The van der Waals surface area contributed by atoms with Crippen LogP contribution in [-0.4, -0.2) is 61.1 Å². The summed E-state index contributed by atoms with van der Waals surface area (Å²) in [6.07, 6.45) is 1.48. The average molecular weight is 391 g/mol. The zero-order valence-corrected chi connectivity index (χ0v) is 16.9. The molecule has 1 aromatic rings. The van der Waals surface area contributed by atoms with Gasteiger partial charge in [0.05, 0.1) is 25.2 Å². The van der Waals surface area contributed by atoms with Crippen molar-refractivity contribution in [2.75, 3.05) is 19.5 Å². The molecule has 154 valence electrons. The van der Waals surface area contributed by atoms with Crippen LogP contribution >= 0.6 is 0 Å². The highest BCUT2D eigenvalue weighted by atomic mass is 16.5. The van der Waals surface area contributed by atoms with Crippen molar-refractivity contribution in [1.29, 1.82) is 0 Å². The minimum absolute atomic E-state index is 0.163. The van der Waals surface area contributed by atoms with Crippen LogP contribution < -0.4 is 21.3 Å². The predicted octanol–water partition coefficient (Wildman–Crippen LogP) is 0.461. The summed E-state index contributed by atoms with van der Waals surface area (Å²) >= 11 is 0. The Morgan fingerprint density at radius 3 is 2.54 bits per heavy atom. The smallest absolute Gasteiger partial charge is 0.407 e. The number of hydrogen-bond donors (Lipinski definition) is 4. The molecule has 0 bridgehead atoms. The number of fused-ring (bicyclic) bond motifs is 1. The number of Topliss-reactive ketones (excluding diaryl/α,β-unsaturated/α-hetero) is 1. The van der Waals surface area contributed by atoms with Crippen molar-refractivity contribution in [2.45, 2.75) is 51.4 Å². The van der Waals surface area contributed by atoms with Crippen molar-refractivity contribution >= 4 is 23.6 Å². The van der Waals surface area contributed by atoms with E-state index in [1.165, 1.54) is 7.11 Å². The topological polar surface area (TPSA) is 121 Å². The van der Waals surface area contributed by atoms with Crippen LogP contribution in [-0.2, 0) is 20.7 Å². The first kappa shape index (κ1) is 21.6. The van der Waals surface area contributed by atoms with Crippen LogP contribution in [0, 0.1) is 5.92 Å². The number of pyridine rings is 1. The molecule has 9 nitrogen and oxygen atoms in total. The second-order valence-electron chi connectivity index (χ2n) is 7.22. The van der Waals surface area contributed by atoms with Gasteiger partial charge < -0.3 is 26.0 Å². The zero-order chi connectivity index (χ0) is 20.8. The molecule has 2 rings (SSSR count). The minimum Gasteiger partial charge on any atom is -0.453 e. The number of anilines is 1. The summed E-state index contributed by atoms with van der Waals surface area (Å²) in [5, 5.41) is 11.5. The molecular formula is C19H29N5O4. The number of nitrogens with one attached hydrogen (secondary N) is 4. The molecular weight excluding hydrogens is 362 g/mol. The number of amides is 2. The molecule has 0 aromatic carbocycles. The number of hydrogen-bond acceptors (Lipinski definition) is 7. The number of nitrogens with zero attached hydrogens (tertiary/aromatic N) is 1. The van der Waals surface area contributed by atoms with Gasteiger partial charge in [-0.1, -0.05) is 19.9 Å². The van der Waals surface area contributed by atoms with E-state index >= 15 is 0 Å². The molecule has 0 radical (unpaired) electrons. The highest BCUT2D eigenvalue weighted by molar-refractivity contribution is 5.96. The summed E-state index contributed by atoms with van der Waals surface area (Å²) in [4.78, 5) is 41.9. The highest BCUT2D eigenvalue weighted by Crippen LogP contribution is 2.25. The summed E-state index contributed by atoms with van der Waals surface area (Å²) in [7, 11) is 2.91. The normalized spacial score (nSPS) is 18.4. The Labute approximate surface area is 165 Å². The maximum absolute atomic E-state index is 13.4. The second kappa shape index (κ2) is 9.50. The van der Waals surface area contributed by atoms with Crippen LogP contribution in [0.4, 0.5) is 10.6 Å². The van der Waals surface area contributed by atoms with Crippen LogP contribution in [0.25, 0.3) is 0 Å². The summed E-state index contributed by atoms with van der Waals surface area (Å²) < 4.78 is 4.70. The van der Waals surface area contributed by atoms with Crippen molar-refractivity contribution in [3.8, 4) is 0 Å². The molecule has 1 aromatic heterocycles. The van der Waals surface area contributed by atoms with Crippen LogP contribution in [0.1, 0.15) is 26.3 Å². The number of ketones is 1. The number of aromatic nitrogens is 1. The fraction of sp³-hybridized carbons (Fsp3) is 0.579. The molecule has 9 heteroatoms. The van der Waals surface area contributed by atoms with Crippen LogP contribution in [0.2, 0.25) is 0 Å². The molecule has 1 aliphatic heterocycles. The lowest BCUT2D eigenvalue weighted by Crippen LogP contribution is -2.60. The molecule has 0 saturated carbocycles. The van der Waals surface area contributed by atoms with Gasteiger partial charge in [-0.25, -0.2) is 9.78 Å². The first-order valence-electron chi connectivity index (χ1n) is 9.34. The Morgan fingerprint density at radius 1 is 1.25 bits per heavy atom. The molecule has 0 spiro atoms. The fourth-order valence-electron chi connectivity index (χ4n) is 3.12. The van der Waals surface area contributed by atoms with Gasteiger partial charge in [0.25, 0.3) is 0 Å². The Kier molecular flexibility index (Phi) is 7.33. The van der Waals surface area contributed by atoms with Gasteiger partial charge in [0, 0.05) is 6.20 Å². The van der Waals surface area contributed by atoms with Crippen molar-refractivity contribution in [3.63, 3.8) is 0 Å². The largest absolute Gasteiger partial charge is 0.453 e. The highest BCUT2D eigenvalue weighted by Gasteiger charge is 2.39. The van der Waals surface area contributed by atoms with Crippen LogP contribution in [0.5, 0.6) is 0 Å². The monoisotopic (exact) mass is 391 g/mol. The van der Waals surface area contributed by atoms with E-state index in [-0.39, 0.29) is 17.6 Å². The molecule has 0 fully saturated rings.